The van der Waals surface area contributed by atoms with Gasteiger partial charge in [0.15, 0.2) is 0 Å². The van der Waals surface area contributed by atoms with E-state index in [0.29, 0.717) is 6.42 Å². The number of hydrogen-bond acceptors (Lipinski definition) is 4. The summed E-state index contributed by atoms with van der Waals surface area (Å²) in [5, 5.41) is 16.4. The van der Waals surface area contributed by atoms with Crippen molar-refractivity contribution < 1.29 is 19.1 Å². The zero-order valence-electron chi connectivity index (χ0n) is 22.9. The summed E-state index contributed by atoms with van der Waals surface area (Å²) >= 11 is 0. The molecule has 0 fully saturated rings. The van der Waals surface area contributed by atoms with Crippen molar-refractivity contribution in [2.24, 2.45) is 0 Å². The van der Waals surface area contributed by atoms with E-state index in [1.807, 2.05) is 87.5 Å². The Morgan fingerprint density at radius 2 is 1.27 bits per heavy atom. The number of alkyl carbamates (subject to hydrolysis) is 1. The summed E-state index contributed by atoms with van der Waals surface area (Å²) in [6.45, 7) is 12.1. The van der Waals surface area contributed by atoms with Gasteiger partial charge in [0.25, 0.3) is 8.32 Å². The third-order valence-corrected chi connectivity index (χ3v) is 11.4. The van der Waals surface area contributed by atoms with Gasteiger partial charge in [0.1, 0.15) is 5.60 Å². The van der Waals surface area contributed by atoms with E-state index in [1.54, 1.807) is 0 Å². The van der Waals surface area contributed by atoms with E-state index in [1.165, 1.54) is 0 Å². The van der Waals surface area contributed by atoms with Crippen LogP contribution in [-0.4, -0.2) is 43.9 Å². The molecule has 0 saturated carbocycles. The van der Waals surface area contributed by atoms with Crippen LogP contribution in [0, 0.1) is 0 Å². The van der Waals surface area contributed by atoms with Crippen LogP contribution in [0.25, 0.3) is 0 Å². The second-order valence-corrected chi connectivity index (χ2v) is 15.8. The predicted molar refractivity (Wildman–Crippen MR) is 153 cm³/mol. The summed E-state index contributed by atoms with van der Waals surface area (Å²) < 4.78 is 12.4. The lowest BCUT2D eigenvalue weighted by atomic mass is 10.0. The Morgan fingerprint density at radius 3 is 1.70 bits per heavy atom. The van der Waals surface area contributed by atoms with E-state index in [4.69, 9.17) is 9.16 Å². The molecule has 2 atom stereocenters. The second kappa shape index (κ2) is 12.1. The Morgan fingerprint density at radius 1 is 0.811 bits per heavy atom. The molecule has 3 aromatic carbocycles. The molecule has 6 heteroatoms. The van der Waals surface area contributed by atoms with Gasteiger partial charge in [-0.3, -0.25) is 0 Å². The van der Waals surface area contributed by atoms with E-state index in [9.17, 15) is 9.90 Å². The quantitative estimate of drug-likeness (QED) is 0.388. The lowest BCUT2D eigenvalue weighted by Gasteiger charge is -2.43. The van der Waals surface area contributed by atoms with Gasteiger partial charge >= 0.3 is 6.09 Å². The van der Waals surface area contributed by atoms with Gasteiger partial charge in [0, 0.05) is 0 Å². The molecule has 0 aliphatic carbocycles. The van der Waals surface area contributed by atoms with Crippen LogP contribution in [0.15, 0.2) is 91.0 Å². The molecule has 0 unspecified atom stereocenters. The Labute approximate surface area is 223 Å². The van der Waals surface area contributed by atoms with Crippen molar-refractivity contribution in [2.45, 2.75) is 70.7 Å². The Balaban J connectivity index is 1.93. The fraction of sp³-hybridized carbons (Fsp3) is 0.387. The van der Waals surface area contributed by atoms with E-state index < -0.39 is 32.2 Å². The molecule has 0 heterocycles. The van der Waals surface area contributed by atoms with Gasteiger partial charge in [-0.05, 0) is 48.2 Å². The van der Waals surface area contributed by atoms with Crippen LogP contribution in [-0.2, 0) is 15.6 Å². The molecule has 37 heavy (non-hydrogen) atoms. The second-order valence-electron chi connectivity index (χ2n) is 11.5. The van der Waals surface area contributed by atoms with Crippen molar-refractivity contribution in [3.63, 3.8) is 0 Å². The third-order valence-electron chi connectivity index (χ3n) is 6.35. The summed E-state index contributed by atoms with van der Waals surface area (Å²) in [7, 11) is -2.83. The molecule has 1 amide bonds. The van der Waals surface area contributed by atoms with Crippen LogP contribution in [0.4, 0.5) is 4.79 Å². The number of benzene rings is 3. The number of aliphatic hydroxyl groups is 1. The monoisotopic (exact) mass is 519 g/mol. The summed E-state index contributed by atoms with van der Waals surface area (Å²) in [4.78, 5) is 12.7. The molecule has 0 aromatic heterocycles. The maximum Gasteiger partial charge on any atom is 0.407 e. The van der Waals surface area contributed by atoms with Gasteiger partial charge in [-0.1, -0.05) is 112 Å². The first kappa shape index (κ1) is 28.6. The van der Waals surface area contributed by atoms with Crippen LogP contribution in [0.2, 0.25) is 5.04 Å². The van der Waals surface area contributed by atoms with Crippen molar-refractivity contribution in [3.8, 4) is 0 Å². The maximum absolute atomic E-state index is 12.7. The van der Waals surface area contributed by atoms with E-state index >= 15 is 0 Å². The molecule has 0 aliphatic heterocycles. The van der Waals surface area contributed by atoms with Gasteiger partial charge in [-0.25, -0.2) is 4.79 Å². The normalized spacial score (nSPS) is 14.0. The number of amides is 1. The number of hydrogen-bond donors (Lipinski definition) is 2. The Bertz CT molecular complexity index is 1070. The molecular formula is C31H41NO4Si. The van der Waals surface area contributed by atoms with Crippen molar-refractivity contribution >= 4 is 24.8 Å². The molecule has 0 saturated heterocycles. The molecule has 3 aromatic rings. The number of rotatable bonds is 9. The molecular weight excluding hydrogens is 478 g/mol. The number of ether oxygens (including phenoxy) is 1. The molecule has 0 radical (unpaired) electrons. The van der Waals surface area contributed by atoms with Crippen molar-refractivity contribution in [3.05, 3.63) is 96.6 Å². The summed E-state index contributed by atoms with van der Waals surface area (Å²) in [5.74, 6) is 0. The molecule has 2 N–H and O–H groups in total. The summed E-state index contributed by atoms with van der Waals surface area (Å²) in [5.41, 5.74) is 0.366. The zero-order chi connectivity index (χ0) is 27.1. The molecule has 198 valence electrons. The predicted octanol–water partition coefficient (Wildman–Crippen LogP) is 5.06. The summed E-state index contributed by atoms with van der Waals surface area (Å²) in [6, 6.07) is 29.9. The topological polar surface area (TPSA) is 67.8 Å². The first-order chi connectivity index (χ1) is 17.4. The first-order valence-electron chi connectivity index (χ1n) is 12.9. The number of carbonyl (C=O) groups excluding carboxylic acids is 1. The van der Waals surface area contributed by atoms with Gasteiger partial charge in [-0.2, -0.15) is 0 Å². The Hall–Kier alpha value is -2.93. The van der Waals surface area contributed by atoms with Gasteiger partial charge in [0.05, 0.1) is 18.8 Å². The van der Waals surface area contributed by atoms with Crippen LogP contribution < -0.4 is 15.7 Å². The van der Waals surface area contributed by atoms with Crippen LogP contribution >= 0.6 is 0 Å². The lowest BCUT2D eigenvalue weighted by molar-refractivity contribution is 0.0338. The van der Waals surface area contributed by atoms with Crippen molar-refractivity contribution in [1.82, 2.24) is 5.32 Å². The third kappa shape index (κ3) is 7.54. The van der Waals surface area contributed by atoms with Crippen molar-refractivity contribution in [2.75, 3.05) is 6.61 Å². The molecule has 0 spiro atoms. The highest BCUT2D eigenvalue weighted by Crippen LogP contribution is 2.37. The summed E-state index contributed by atoms with van der Waals surface area (Å²) in [6.07, 6.45) is -1.06. The lowest BCUT2D eigenvalue weighted by Crippen LogP contribution is -2.67. The fourth-order valence-corrected chi connectivity index (χ4v) is 9.27. The highest BCUT2D eigenvalue weighted by atomic mass is 28.4. The minimum atomic E-state index is -2.83. The van der Waals surface area contributed by atoms with Crippen LogP contribution in [0.5, 0.6) is 0 Å². The number of aliphatic hydroxyl groups excluding tert-OH is 1. The van der Waals surface area contributed by atoms with Gasteiger partial charge < -0.3 is 19.6 Å². The fourth-order valence-electron chi connectivity index (χ4n) is 4.70. The SMILES string of the molecule is CC(C)(C)OC(=O)N[C@H](Cc1ccccc1)[C@H](O)CO[Si](c1ccccc1)(c1ccccc1)C(C)(C)C. The standard InChI is InChI=1S/C31H41NO4Si/c1-30(2,3)36-29(34)32-27(22-24-16-10-7-11-17-24)28(33)23-35-37(31(4,5)6,25-18-12-8-13-19-25)26-20-14-9-15-21-26/h7-21,27-28,33H,22-23H2,1-6H3,(H,32,34)/t27-,28-/m1/s1. The van der Waals surface area contributed by atoms with Crippen LogP contribution in [0.1, 0.15) is 47.1 Å². The largest absolute Gasteiger partial charge is 0.444 e. The van der Waals surface area contributed by atoms with Gasteiger partial charge in [0.2, 0.25) is 0 Å². The van der Waals surface area contributed by atoms with Gasteiger partial charge in [-0.15, -0.1) is 0 Å². The minimum absolute atomic E-state index is 0.0700. The molecule has 0 aliphatic rings. The maximum atomic E-state index is 12.7. The van der Waals surface area contributed by atoms with E-state index in [0.717, 1.165) is 15.9 Å². The van der Waals surface area contributed by atoms with Crippen LogP contribution in [0.3, 0.4) is 0 Å². The van der Waals surface area contributed by atoms with Crippen molar-refractivity contribution in [1.29, 1.82) is 0 Å². The Kier molecular flexibility index (Phi) is 9.34. The highest BCUT2D eigenvalue weighted by Gasteiger charge is 2.50. The first-order valence-corrected chi connectivity index (χ1v) is 14.8. The van der Waals surface area contributed by atoms with E-state index in [2.05, 4.69) is 50.4 Å². The molecule has 0 bridgehead atoms. The highest BCUT2D eigenvalue weighted by molar-refractivity contribution is 6.99. The average molecular weight is 520 g/mol. The zero-order valence-corrected chi connectivity index (χ0v) is 23.9. The van der Waals surface area contributed by atoms with E-state index in [-0.39, 0.29) is 11.6 Å². The number of nitrogens with one attached hydrogen (secondary N) is 1. The number of carbonyl (C=O) groups is 1. The average Bonchev–Trinajstić information content (AvgIpc) is 2.84. The molecule has 3 rings (SSSR count). The molecule has 5 nitrogen and oxygen atoms in total. The minimum Gasteiger partial charge on any atom is -0.444 e. The smallest absolute Gasteiger partial charge is 0.407 e.